The van der Waals surface area contributed by atoms with E-state index in [1.165, 1.54) is 43.4 Å². The maximum atomic E-state index is 12.5. The van der Waals surface area contributed by atoms with Crippen LogP contribution in [0.3, 0.4) is 0 Å². The molecule has 0 aliphatic carbocycles. The van der Waals surface area contributed by atoms with Crippen molar-refractivity contribution in [2.45, 2.75) is 4.90 Å². The molecule has 2 N–H and O–H groups in total. The fraction of sp³-hybridized carbons (Fsp3) is 0.0714. The second kappa shape index (κ2) is 5.75. The van der Waals surface area contributed by atoms with Crippen LogP contribution in [0.5, 0.6) is 0 Å². The van der Waals surface area contributed by atoms with E-state index in [1.807, 2.05) is 0 Å². The van der Waals surface area contributed by atoms with Crippen molar-refractivity contribution >= 4 is 33.2 Å². The molecule has 2 rings (SSSR count). The molecular weight excluding hydrogens is 312 g/mol. The Kier molecular flexibility index (Phi) is 4.20. The van der Waals surface area contributed by atoms with Crippen molar-refractivity contribution in [3.8, 4) is 0 Å². The molecule has 0 radical (unpaired) electrons. The zero-order chi connectivity index (χ0) is 15.6. The molecule has 0 saturated heterocycles. The number of hydrogen-bond acceptors (Lipinski definition) is 3. The van der Waals surface area contributed by atoms with E-state index in [0.29, 0.717) is 10.7 Å². The van der Waals surface area contributed by atoms with Crippen LogP contribution in [0.15, 0.2) is 53.4 Å². The van der Waals surface area contributed by atoms with Crippen LogP contribution in [-0.2, 0) is 10.0 Å². The number of nitrogens with two attached hydrogens (primary N) is 1. The number of primary amides is 1. The number of halogens is 1. The number of hydrogen-bond donors (Lipinski definition) is 1. The van der Waals surface area contributed by atoms with Crippen LogP contribution in [0, 0.1) is 0 Å². The van der Waals surface area contributed by atoms with Gasteiger partial charge < -0.3 is 5.73 Å². The third-order valence-corrected chi connectivity index (χ3v) is 5.02. The van der Waals surface area contributed by atoms with Crippen molar-refractivity contribution in [1.29, 1.82) is 0 Å². The molecule has 0 spiro atoms. The van der Waals surface area contributed by atoms with Crippen LogP contribution < -0.4 is 10.0 Å². The number of nitrogens with zero attached hydrogens (tertiary/aromatic N) is 1. The molecule has 0 bridgehead atoms. The van der Waals surface area contributed by atoms with Crippen LogP contribution >= 0.6 is 11.6 Å². The molecule has 0 aliphatic heterocycles. The second-order valence-electron chi connectivity index (χ2n) is 4.34. The number of benzene rings is 2. The summed E-state index contributed by atoms with van der Waals surface area (Å²) in [5, 5.41) is 0.451. The van der Waals surface area contributed by atoms with Gasteiger partial charge in [-0.3, -0.25) is 9.10 Å². The molecule has 110 valence electrons. The molecule has 1 amide bonds. The maximum Gasteiger partial charge on any atom is 0.264 e. The predicted molar refractivity (Wildman–Crippen MR) is 82.0 cm³/mol. The van der Waals surface area contributed by atoms with Gasteiger partial charge in [0.05, 0.1) is 10.6 Å². The van der Waals surface area contributed by atoms with Crippen LogP contribution in [0.2, 0.25) is 5.02 Å². The second-order valence-corrected chi connectivity index (χ2v) is 6.75. The standard InChI is InChI=1S/C14H13ClN2O3S/c1-17(12-4-2-3-10(9-12)14(16)18)21(19,20)13-7-5-11(15)6-8-13/h2-9H,1H3,(H2,16,18). The minimum absolute atomic E-state index is 0.110. The summed E-state index contributed by atoms with van der Waals surface area (Å²) in [6.07, 6.45) is 0. The molecule has 0 unspecified atom stereocenters. The molecule has 2 aromatic carbocycles. The Labute approximate surface area is 128 Å². The summed E-state index contributed by atoms with van der Waals surface area (Å²) in [7, 11) is -2.32. The van der Waals surface area contributed by atoms with E-state index in [9.17, 15) is 13.2 Å². The van der Waals surface area contributed by atoms with Gasteiger partial charge in [0.25, 0.3) is 10.0 Å². The first kappa shape index (κ1) is 15.3. The first-order valence-corrected chi connectivity index (χ1v) is 7.78. The quantitative estimate of drug-likeness (QED) is 0.936. The summed E-state index contributed by atoms with van der Waals surface area (Å²) >= 11 is 5.75. The first-order chi connectivity index (χ1) is 9.82. The average Bonchev–Trinajstić information content (AvgIpc) is 2.47. The average molecular weight is 325 g/mol. The zero-order valence-electron chi connectivity index (χ0n) is 11.2. The number of rotatable bonds is 4. The SMILES string of the molecule is CN(c1cccc(C(N)=O)c1)S(=O)(=O)c1ccc(Cl)cc1. The normalized spacial score (nSPS) is 11.1. The summed E-state index contributed by atoms with van der Waals surface area (Å²) in [6, 6.07) is 12.0. The van der Waals surface area contributed by atoms with Gasteiger partial charge in [0.2, 0.25) is 5.91 Å². The molecule has 0 saturated carbocycles. The van der Waals surface area contributed by atoms with E-state index in [2.05, 4.69) is 0 Å². The highest BCUT2D eigenvalue weighted by Crippen LogP contribution is 2.23. The van der Waals surface area contributed by atoms with Gasteiger partial charge in [-0.05, 0) is 42.5 Å². The highest BCUT2D eigenvalue weighted by atomic mass is 35.5. The minimum atomic E-state index is -3.73. The third kappa shape index (κ3) is 3.17. The third-order valence-electron chi connectivity index (χ3n) is 2.97. The number of amides is 1. The van der Waals surface area contributed by atoms with Crippen molar-refractivity contribution < 1.29 is 13.2 Å². The lowest BCUT2D eigenvalue weighted by atomic mass is 10.2. The maximum absolute atomic E-state index is 12.5. The Morgan fingerprint density at radius 1 is 1.14 bits per heavy atom. The summed E-state index contributed by atoms with van der Waals surface area (Å²) < 4.78 is 26.1. The molecule has 2 aromatic rings. The fourth-order valence-electron chi connectivity index (χ4n) is 1.76. The summed E-state index contributed by atoms with van der Waals surface area (Å²) in [6.45, 7) is 0. The summed E-state index contributed by atoms with van der Waals surface area (Å²) in [4.78, 5) is 11.3. The van der Waals surface area contributed by atoms with Gasteiger partial charge in [0.15, 0.2) is 0 Å². The summed E-state index contributed by atoms with van der Waals surface area (Å²) in [5.74, 6) is -0.617. The molecule has 7 heteroatoms. The van der Waals surface area contributed by atoms with Crippen molar-refractivity contribution in [3.63, 3.8) is 0 Å². The smallest absolute Gasteiger partial charge is 0.264 e. The van der Waals surface area contributed by atoms with E-state index >= 15 is 0 Å². The van der Waals surface area contributed by atoms with Crippen molar-refractivity contribution in [3.05, 3.63) is 59.1 Å². The van der Waals surface area contributed by atoms with Crippen molar-refractivity contribution in [2.75, 3.05) is 11.4 Å². The monoisotopic (exact) mass is 324 g/mol. The Bertz CT molecular complexity index is 773. The molecule has 0 aliphatic rings. The van der Waals surface area contributed by atoms with Gasteiger partial charge >= 0.3 is 0 Å². The van der Waals surface area contributed by atoms with Crippen molar-refractivity contribution in [1.82, 2.24) is 0 Å². The Hall–Kier alpha value is -2.05. The number of carbonyl (C=O) groups is 1. The summed E-state index contributed by atoms with van der Waals surface area (Å²) in [5.41, 5.74) is 5.79. The van der Waals surface area contributed by atoms with Crippen LogP contribution in [0.25, 0.3) is 0 Å². The number of carbonyl (C=O) groups excluding carboxylic acids is 1. The van der Waals surface area contributed by atoms with Gasteiger partial charge in [0.1, 0.15) is 0 Å². The molecule has 21 heavy (non-hydrogen) atoms. The molecule has 0 atom stereocenters. The van der Waals surface area contributed by atoms with Crippen LogP contribution in [0.1, 0.15) is 10.4 Å². The lowest BCUT2D eigenvalue weighted by Crippen LogP contribution is -2.26. The first-order valence-electron chi connectivity index (χ1n) is 5.97. The Balaban J connectivity index is 2.43. The highest BCUT2D eigenvalue weighted by molar-refractivity contribution is 7.92. The van der Waals surface area contributed by atoms with E-state index < -0.39 is 15.9 Å². The molecule has 0 fully saturated rings. The van der Waals surface area contributed by atoms with Gasteiger partial charge in [0, 0.05) is 17.6 Å². The lowest BCUT2D eigenvalue weighted by Gasteiger charge is -2.20. The van der Waals surface area contributed by atoms with E-state index in [1.54, 1.807) is 12.1 Å². The van der Waals surface area contributed by atoms with Crippen LogP contribution in [0.4, 0.5) is 5.69 Å². The largest absolute Gasteiger partial charge is 0.366 e. The lowest BCUT2D eigenvalue weighted by molar-refractivity contribution is 0.100. The molecule has 5 nitrogen and oxygen atoms in total. The van der Waals surface area contributed by atoms with Gasteiger partial charge in [-0.2, -0.15) is 0 Å². The van der Waals surface area contributed by atoms with Gasteiger partial charge in [-0.15, -0.1) is 0 Å². The molecular formula is C14H13ClN2O3S. The molecule has 0 aromatic heterocycles. The highest BCUT2D eigenvalue weighted by Gasteiger charge is 2.21. The van der Waals surface area contributed by atoms with E-state index in [4.69, 9.17) is 17.3 Å². The minimum Gasteiger partial charge on any atom is -0.366 e. The van der Waals surface area contributed by atoms with Gasteiger partial charge in [-0.1, -0.05) is 17.7 Å². The zero-order valence-corrected chi connectivity index (χ0v) is 12.7. The fourth-order valence-corrected chi connectivity index (χ4v) is 3.07. The predicted octanol–water partition coefficient (Wildman–Crippen LogP) is 2.26. The van der Waals surface area contributed by atoms with E-state index in [-0.39, 0.29) is 10.5 Å². The Morgan fingerprint density at radius 3 is 2.33 bits per heavy atom. The molecule has 0 heterocycles. The number of sulfonamides is 1. The topological polar surface area (TPSA) is 80.5 Å². The van der Waals surface area contributed by atoms with E-state index in [0.717, 1.165) is 4.31 Å². The van der Waals surface area contributed by atoms with Crippen molar-refractivity contribution in [2.24, 2.45) is 5.73 Å². The Morgan fingerprint density at radius 2 is 1.76 bits per heavy atom. The number of anilines is 1. The van der Waals surface area contributed by atoms with Crippen LogP contribution in [-0.4, -0.2) is 21.4 Å². The van der Waals surface area contributed by atoms with Gasteiger partial charge in [-0.25, -0.2) is 8.42 Å².